The van der Waals surface area contributed by atoms with Crippen LogP contribution in [0.4, 0.5) is 0 Å². The molecule has 0 N–H and O–H groups in total. The number of esters is 2. The van der Waals surface area contributed by atoms with E-state index in [2.05, 4.69) is 0 Å². The van der Waals surface area contributed by atoms with Crippen LogP contribution in [0.1, 0.15) is 17.3 Å². The van der Waals surface area contributed by atoms with Gasteiger partial charge in [-0.1, -0.05) is 18.2 Å². The maximum atomic E-state index is 11.9. The van der Waals surface area contributed by atoms with Gasteiger partial charge in [-0.2, -0.15) is 0 Å². The molecular formula is C16H14O6. The monoisotopic (exact) mass is 302 g/mol. The molecule has 1 atom stereocenters. The van der Waals surface area contributed by atoms with Crippen LogP contribution in [0.25, 0.3) is 0 Å². The summed E-state index contributed by atoms with van der Waals surface area (Å²) in [6.07, 6.45) is 2.40. The van der Waals surface area contributed by atoms with Gasteiger partial charge in [-0.15, -0.1) is 0 Å². The van der Waals surface area contributed by atoms with Gasteiger partial charge in [0.2, 0.25) is 5.78 Å². The van der Waals surface area contributed by atoms with Crippen LogP contribution in [-0.2, 0) is 23.8 Å². The molecule has 0 radical (unpaired) electrons. The van der Waals surface area contributed by atoms with Gasteiger partial charge >= 0.3 is 11.9 Å². The van der Waals surface area contributed by atoms with E-state index in [0.29, 0.717) is 5.56 Å². The highest BCUT2D eigenvalue weighted by molar-refractivity contribution is 5.97. The van der Waals surface area contributed by atoms with Crippen molar-refractivity contribution in [2.45, 2.75) is 13.0 Å². The molecule has 0 saturated heterocycles. The fraction of sp³-hybridized carbons (Fsp3) is 0.188. The first-order valence-corrected chi connectivity index (χ1v) is 6.52. The summed E-state index contributed by atoms with van der Waals surface area (Å²) in [5, 5.41) is 0. The van der Waals surface area contributed by atoms with Crippen LogP contribution < -0.4 is 0 Å². The van der Waals surface area contributed by atoms with Crippen molar-refractivity contribution in [2.24, 2.45) is 0 Å². The standard InChI is InChI=1S/C16H14O6/c1-11(17)22-15-13(9-20-8-7-14(15)18)10-21-16(19)12-5-3-2-4-6-12/h2-9,15H,10H2,1H3/t15-/m1/s1. The number of carbonyl (C=O) groups excluding carboxylic acids is 3. The summed E-state index contributed by atoms with van der Waals surface area (Å²) in [6, 6.07) is 8.41. The number of rotatable bonds is 4. The molecule has 0 bridgehead atoms. The third-order valence-electron chi connectivity index (χ3n) is 2.79. The molecule has 0 unspecified atom stereocenters. The molecule has 0 aromatic heterocycles. The molecule has 0 aliphatic carbocycles. The van der Waals surface area contributed by atoms with Crippen molar-refractivity contribution in [3.05, 3.63) is 60.1 Å². The first-order chi connectivity index (χ1) is 10.6. The van der Waals surface area contributed by atoms with Crippen LogP contribution in [0.3, 0.4) is 0 Å². The number of ketones is 1. The second kappa shape index (κ2) is 7.21. The minimum atomic E-state index is -1.15. The average molecular weight is 302 g/mol. The van der Waals surface area contributed by atoms with Crippen molar-refractivity contribution in [2.75, 3.05) is 6.61 Å². The summed E-state index contributed by atoms with van der Waals surface area (Å²) in [5.74, 6) is -1.63. The second-order valence-electron chi connectivity index (χ2n) is 4.47. The van der Waals surface area contributed by atoms with E-state index in [1.807, 2.05) is 0 Å². The smallest absolute Gasteiger partial charge is 0.338 e. The zero-order chi connectivity index (χ0) is 15.9. The fourth-order valence-corrected chi connectivity index (χ4v) is 1.78. The third-order valence-corrected chi connectivity index (χ3v) is 2.79. The first-order valence-electron chi connectivity index (χ1n) is 6.52. The zero-order valence-corrected chi connectivity index (χ0v) is 11.9. The van der Waals surface area contributed by atoms with Gasteiger partial charge in [-0.3, -0.25) is 9.59 Å². The van der Waals surface area contributed by atoms with E-state index in [9.17, 15) is 14.4 Å². The van der Waals surface area contributed by atoms with Gasteiger partial charge in [0, 0.05) is 13.0 Å². The minimum absolute atomic E-state index is 0.223. The van der Waals surface area contributed by atoms with E-state index in [0.717, 1.165) is 6.08 Å². The van der Waals surface area contributed by atoms with Crippen molar-refractivity contribution < 1.29 is 28.6 Å². The lowest BCUT2D eigenvalue weighted by atomic mass is 10.1. The maximum Gasteiger partial charge on any atom is 0.338 e. The first kappa shape index (κ1) is 15.5. The molecule has 1 aliphatic heterocycles. The lowest BCUT2D eigenvalue weighted by Crippen LogP contribution is -2.29. The number of carbonyl (C=O) groups is 3. The van der Waals surface area contributed by atoms with E-state index in [1.165, 1.54) is 19.4 Å². The number of benzene rings is 1. The molecule has 0 spiro atoms. The molecule has 2 rings (SSSR count). The van der Waals surface area contributed by atoms with Gasteiger partial charge in [-0.05, 0) is 12.1 Å². The molecule has 0 amide bonds. The molecule has 22 heavy (non-hydrogen) atoms. The highest BCUT2D eigenvalue weighted by Gasteiger charge is 2.27. The van der Waals surface area contributed by atoms with Crippen molar-refractivity contribution in [1.82, 2.24) is 0 Å². The van der Waals surface area contributed by atoms with Gasteiger partial charge in [0.1, 0.15) is 6.61 Å². The summed E-state index contributed by atoms with van der Waals surface area (Å²) in [4.78, 5) is 34.8. The topological polar surface area (TPSA) is 78.9 Å². The summed E-state index contributed by atoms with van der Waals surface area (Å²) in [7, 11) is 0. The second-order valence-corrected chi connectivity index (χ2v) is 4.47. The molecular weight excluding hydrogens is 288 g/mol. The molecule has 1 heterocycles. The van der Waals surface area contributed by atoms with Gasteiger partial charge in [-0.25, -0.2) is 4.79 Å². The summed E-state index contributed by atoms with van der Waals surface area (Å²) in [6.45, 7) is 0.968. The molecule has 114 valence electrons. The Balaban J connectivity index is 2.06. The van der Waals surface area contributed by atoms with Gasteiger partial charge in [0.05, 0.1) is 23.7 Å². The average Bonchev–Trinajstić information content (AvgIpc) is 2.68. The largest absolute Gasteiger partial charge is 0.472 e. The summed E-state index contributed by atoms with van der Waals surface area (Å²) >= 11 is 0. The Morgan fingerprint density at radius 3 is 2.64 bits per heavy atom. The molecule has 0 fully saturated rings. The Labute approximate surface area is 127 Å². The van der Waals surface area contributed by atoms with Crippen molar-refractivity contribution in [3.63, 3.8) is 0 Å². The highest BCUT2D eigenvalue weighted by atomic mass is 16.6. The molecule has 1 aromatic rings. The van der Waals surface area contributed by atoms with Crippen LogP contribution in [0.5, 0.6) is 0 Å². The Hall–Kier alpha value is -2.89. The highest BCUT2D eigenvalue weighted by Crippen LogP contribution is 2.15. The SMILES string of the molecule is CC(=O)O[C@H]1C(=O)C=COC=C1COC(=O)c1ccccc1. The predicted molar refractivity (Wildman–Crippen MR) is 75.6 cm³/mol. The Morgan fingerprint density at radius 2 is 1.95 bits per heavy atom. The molecule has 1 aliphatic rings. The molecule has 6 nitrogen and oxygen atoms in total. The van der Waals surface area contributed by atoms with Crippen molar-refractivity contribution in [1.29, 1.82) is 0 Å². The van der Waals surface area contributed by atoms with Crippen LogP contribution in [0, 0.1) is 0 Å². The van der Waals surface area contributed by atoms with E-state index in [4.69, 9.17) is 14.2 Å². The quantitative estimate of drug-likeness (QED) is 0.789. The van der Waals surface area contributed by atoms with Gasteiger partial charge in [0.25, 0.3) is 0 Å². The summed E-state index contributed by atoms with van der Waals surface area (Å²) < 4.78 is 15.1. The zero-order valence-electron chi connectivity index (χ0n) is 11.9. The molecule has 0 saturated carbocycles. The van der Waals surface area contributed by atoms with E-state index < -0.39 is 23.8 Å². The Morgan fingerprint density at radius 1 is 1.23 bits per heavy atom. The lowest BCUT2D eigenvalue weighted by molar-refractivity contribution is -0.149. The van der Waals surface area contributed by atoms with Gasteiger partial charge < -0.3 is 14.2 Å². The Bertz CT molecular complexity index is 629. The summed E-state index contributed by atoms with van der Waals surface area (Å²) in [5.41, 5.74) is 0.626. The number of hydrogen-bond acceptors (Lipinski definition) is 6. The number of hydrogen-bond donors (Lipinski definition) is 0. The lowest BCUT2D eigenvalue weighted by Gasteiger charge is -2.16. The van der Waals surface area contributed by atoms with E-state index in [1.54, 1.807) is 30.3 Å². The Kier molecular flexibility index (Phi) is 5.08. The van der Waals surface area contributed by atoms with Crippen LogP contribution >= 0.6 is 0 Å². The van der Waals surface area contributed by atoms with E-state index >= 15 is 0 Å². The molecule has 1 aromatic carbocycles. The van der Waals surface area contributed by atoms with Gasteiger partial charge in [0.15, 0.2) is 6.10 Å². The van der Waals surface area contributed by atoms with E-state index in [-0.39, 0.29) is 12.2 Å². The third kappa shape index (κ3) is 4.05. The normalized spacial score (nSPS) is 17.0. The fourth-order valence-electron chi connectivity index (χ4n) is 1.78. The number of ether oxygens (including phenoxy) is 3. The minimum Gasteiger partial charge on any atom is -0.472 e. The van der Waals surface area contributed by atoms with Crippen LogP contribution in [0.15, 0.2) is 54.5 Å². The predicted octanol–water partition coefficient (Wildman–Crippen LogP) is 1.77. The van der Waals surface area contributed by atoms with Crippen LogP contribution in [-0.4, -0.2) is 30.4 Å². The van der Waals surface area contributed by atoms with Crippen molar-refractivity contribution in [3.8, 4) is 0 Å². The molecule has 6 heteroatoms. The van der Waals surface area contributed by atoms with Crippen LogP contribution in [0.2, 0.25) is 0 Å². The van der Waals surface area contributed by atoms with Crippen molar-refractivity contribution >= 4 is 17.7 Å². The maximum absolute atomic E-state index is 11.9.